The van der Waals surface area contributed by atoms with E-state index >= 15 is 0 Å². The lowest BCUT2D eigenvalue weighted by atomic mass is 10.2. The van der Waals surface area contributed by atoms with Crippen molar-refractivity contribution in [1.82, 2.24) is 10.3 Å². The van der Waals surface area contributed by atoms with E-state index in [-0.39, 0.29) is 12.0 Å². The molecule has 1 aromatic heterocycles. The zero-order chi connectivity index (χ0) is 13.0. The molecule has 4 heteroatoms. The lowest BCUT2D eigenvalue weighted by molar-refractivity contribution is -0.142. The first-order valence-electron chi connectivity index (χ1n) is 5.86. The van der Waals surface area contributed by atoms with Crippen LogP contribution in [0.1, 0.15) is 12.6 Å². The maximum Gasteiger partial charge on any atom is 0.322 e. The van der Waals surface area contributed by atoms with Gasteiger partial charge < -0.3 is 4.74 Å². The maximum atomic E-state index is 11.2. The molecule has 0 fully saturated rings. The normalized spacial score (nSPS) is 12.3. The summed E-state index contributed by atoms with van der Waals surface area (Å²) < 4.78 is 4.65. The van der Waals surface area contributed by atoms with Gasteiger partial charge in [-0.1, -0.05) is 24.3 Å². The summed E-state index contributed by atoms with van der Waals surface area (Å²) in [6.07, 6.45) is 0. The van der Waals surface area contributed by atoms with E-state index in [1.54, 1.807) is 6.92 Å². The number of methoxy groups -OCH3 is 1. The summed E-state index contributed by atoms with van der Waals surface area (Å²) in [5.41, 5.74) is 1.87. The molecule has 0 saturated heterocycles. The number of para-hydroxylation sites is 1. The van der Waals surface area contributed by atoms with Crippen LogP contribution in [-0.2, 0) is 16.1 Å². The topological polar surface area (TPSA) is 51.2 Å². The molecule has 0 radical (unpaired) electrons. The van der Waals surface area contributed by atoms with E-state index in [2.05, 4.69) is 15.0 Å². The Morgan fingerprint density at radius 2 is 2.11 bits per heavy atom. The predicted molar refractivity (Wildman–Crippen MR) is 70.1 cm³/mol. The van der Waals surface area contributed by atoms with Crippen molar-refractivity contribution < 1.29 is 9.53 Å². The van der Waals surface area contributed by atoms with Crippen molar-refractivity contribution in [2.75, 3.05) is 7.11 Å². The largest absolute Gasteiger partial charge is 0.468 e. The highest BCUT2D eigenvalue weighted by Gasteiger charge is 2.11. The molecule has 0 unspecified atom stereocenters. The van der Waals surface area contributed by atoms with Crippen LogP contribution in [0.15, 0.2) is 36.4 Å². The van der Waals surface area contributed by atoms with Gasteiger partial charge >= 0.3 is 5.97 Å². The predicted octanol–water partition coefficient (Wildman–Crippen LogP) is 1.89. The average molecular weight is 244 g/mol. The molecule has 2 aromatic rings. The minimum Gasteiger partial charge on any atom is -0.468 e. The number of pyridine rings is 1. The van der Waals surface area contributed by atoms with Crippen LogP contribution in [0.5, 0.6) is 0 Å². The molecule has 94 valence electrons. The van der Waals surface area contributed by atoms with E-state index in [0.29, 0.717) is 6.54 Å². The number of ether oxygens (including phenoxy) is 1. The lowest BCUT2D eigenvalue weighted by Gasteiger charge is -2.11. The smallest absolute Gasteiger partial charge is 0.322 e. The Hall–Kier alpha value is -1.94. The van der Waals surface area contributed by atoms with Gasteiger partial charge in [-0.25, -0.2) is 0 Å². The molecule has 4 nitrogen and oxygen atoms in total. The summed E-state index contributed by atoms with van der Waals surface area (Å²) in [7, 11) is 1.38. The summed E-state index contributed by atoms with van der Waals surface area (Å²) >= 11 is 0. The summed E-state index contributed by atoms with van der Waals surface area (Å²) in [5.74, 6) is -0.268. The number of carbonyl (C=O) groups is 1. The Morgan fingerprint density at radius 3 is 2.89 bits per heavy atom. The Morgan fingerprint density at radius 1 is 1.33 bits per heavy atom. The molecule has 0 bridgehead atoms. The minimum absolute atomic E-state index is 0.268. The van der Waals surface area contributed by atoms with Gasteiger partial charge in [-0.3, -0.25) is 15.1 Å². The molecule has 1 atom stereocenters. The van der Waals surface area contributed by atoms with Crippen molar-refractivity contribution in [3.05, 3.63) is 42.1 Å². The van der Waals surface area contributed by atoms with Gasteiger partial charge in [-0.15, -0.1) is 0 Å². The van der Waals surface area contributed by atoms with E-state index in [1.165, 1.54) is 7.11 Å². The number of nitrogens with zero attached hydrogens (tertiary/aromatic N) is 1. The summed E-state index contributed by atoms with van der Waals surface area (Å²) in [6, 6.07) is 11.6. The number of carbonyl (C=O) groups excluding carboxylic acids is 1. The van der Waals surface area contributed by atoms with Crippen molar-refractivity contribution >= 4 is 16.9 Å². The lowest BCUT2D eigenvalue weighted by Crippen LogP contribution is -2.34. The second-order valence-electron chi connectivity index (χ2n) is 4.12. The first-order chi connectivity index (χ1) is 8.70. The third kappa shape index (κ3) is 2.84. The van der Waals surface area contributed by atoms with Gasteiger partial charge in [-0.2, -0.15) is 0 Å². The van der Waals surface area contributed by atoms with Gasteiger partial charge in [0.15, 0.2) is 0 Å². The molecule has 0 aliphatic carbocycles. The van der Waals surface area contributed by atoms with Gasteiger partial charge in [0.05, 0.1) is 18.3 Å². The van der Waals surface area contributed by atoms with Crippen LogP contribution >= 0.6 is 0 Å². The van der Waals surface area contributed by atoms with Crippen molar-refractivity contribution in [2.24, 2.45) is 0 Å². The molecule has 1 N–H and O–H groups in total. The molecule has 2 rings (SSSR count). The van der Waals surface area contributed by atoms with Crippen LogP contribution in [0.2, 0.25) is 0 Å². The third-order valence-electron chi connectivity index (χ3n) is 2.80. The second-order valence-corrected chi connectivity index (χ2v) is 4.12. The number of hydrogen-bond acceptors (Lipinski definition) is 4. The van der Waals surface area contributed by atoms with E-state index in [4.69, 9.17) is 0 Å². The molecular weight excluding hydrogens is 228 g/mol. The monoisotopic (exact) mass is 244 g/mol. The van der Waals surface area contributed by atoms with Gasteiger partial charge in [0.25, 0.3) is 0 Å². The minimum atomic E-state index is -0.330. The van der Waals surface area contributed by atoms with Gasteiger partial charge in [-0.05, 0) is 19.1 Å². The molecule has 1 heterocycles. The molecular formula is C14H16N2O2. The van der Waals surface area contributed by atoms with E-state index in [1.807, 2.05) is 36.4 Å². The number of aromatic nitrogens is 1. The fourth-order valence-corrected chi connectivity index (χ4v) is 1.72. The molecule has 0 amide bonds. The van der Waals surface area contributed by atoms with Crippen LogP contribution in [0, 0.1) is 0 Å². The van der Waals surface area contributed by atoms with E-state index in [0.717, 1.165) is 16.6 Å². The number of benzene rings is 1. The van der Waals surface area contributed by atoms with Crippen molar-refractivity contribution in [1.29, 1.82) is 0 Å². The quantitative estimate of drug-likeness (QED) is 0.834. The van der Waals surface area contributed by atoms with Crippen LogP contribution in [0.3, 0.4) is 0 Å². The Balaban J connectivity index is 2.06. The zero-order valence-electron chi connectivity index (χ0n) is 10.5. The van der Waals surface area contributed by atoms with Gasteiger partial charge in [0.2, 0.25) is 0 Å². The average Bonchev–Trinajstić information content (AvgIpc) is 2.43. The van der Waals surface area contributed by atoms with Crippen LogP contribution in [0.25, 0.3) is 10.9 Å². The van der Waals surface area contributed by atoms with Gasteiger partial charge in [0, 0.05) is 11.9 Å². The number of nitrogens with one attached hydrogen (secondary N) is 1. The zero-order valence-corrected chi connectivity index (χ0v) is 10.5. The van der Waals surface area contributed by atoms with E-state index in [9.17, 15) is 4.79 Å². The number of rotatable bonds is 4. The van der Waals surface area contributed by atoms with Crippen molar-refractivity contribution in [2.45, 2.75) is 19.5 Å². The van der Waals surface area contributed by atoms with Crippen molar-refractivity contribution in [3.8, 4) is 0 Å². The number of esters is 1. The summed E-state index contributed by atoms with van der Waals surface area (Å²) in [5, 5.41) is 4.19. The SMILES string of the molecule is COC(=O)[C@H](C)NCc1ccc2ccccc2n1. The van der Waals surface area contributed by atoms with Gasteiger partial charge in [0.1, 0.15) is 6.04 Å². The Labute approximate surface area is 106 Å². The molecule has 0 aliphatic rings. The number of hydrogen-bond donors (Lipinski definition) is 1. The highest BCUT2D eigenvalue weighted by molar-refractivity contribution is 5.78. The molecule has 0 saturated carbocycles. The molecule has 0 spiro atoms. The Kier molecular flexibility index (Phi) is 3.89. The fourth-order valence-electron chi connectivity index (χ4n) is 1.72. The Bertz CT molecular complexity index is 554. The summed E-state index contributed by atoms with van der Waals surface area (Å²) in [4.78, 5) is 15.8. The highest BCUT2D eigenvalue weighted by atomic mass is 16.5. The maximum absolute atomic E-state index is 11.2. The first kappa shape index (κ1) is 12.5. The third-order valence-corrected chi connectivity index (χ3v) is 2.80. The number of fused-ring (bicyclic) bond motifs is 1. The molecule has 18 heavy (non-hydrogen) atoms. The van der Waals surface area contributed by atoms with E-state index < -0.39 is 0 Å². The van der Waals surface area contributed by atoms with Crippen LogP contribution in [0.4, 0.5) is 0 Å². The first-order valence-corrected chi connectivity index (χ1v) is 5.86. The molecule has 0 aliphatic heterocycles. The standard InChI is InChI=1S/C14H16N2O2/c1-10(14(17)18-2)15-9-12-8-7-11-5-3-4-6-13(11)16-12/h3-8,10,15H,9H2,1-2H3/t10-/m0/s1. The van der Waals surface area contributed by atoms with Crippen LogP contribution in [-0.4, -0.2) is 24.1 Å². The fraction of sp³-hybridized carbons (Fsp3) is 0.286. The second kappa shape index (κ2) is 5.60. The van der Waals surface area contributed by atoms with Crippen molar-refractivity contribution in [3.63, 3.8) is 0 Å². The summed E-state index contributed by atoms with van der Waals surface area (Å²) in [6.45, 7) is 2.31. The molecule has 1 aromatic carbocycles. The highest BCUT2D eigenvalue weighted by Crippen LogP contribution is 2.11. The van der Waals surface area contributed by atoms with Crippen LogP contribution < -0.4 is 5.32 Å².